The predicted molar refractivity (Wildman–Crippen MR) is 126 cm³/mol. The van der Waals surface area contributed by atoms with E-state index in [1.165, 1.54) is 0 Å². The molecule has 0 saturated heterocycles. The van der Waals surface area contributed by atoms with E-state index in [2.05, 4.69) is 42.1 Å². The molecule has 0 unspecified atom stereocenters. The molecule has 1 heterocycles. The number of furan rings is 1. The van der Waals surface area contributed by atoms with Crippen molar-refractivity contribution in [2.24, 2.45) is 0 Å². The van der Waals surface area contributed by atoms with Gasteiger partial charge in [-0.15, -0.1) is 0 Å². The van der Waals surface area contributed by atoms with Gasteiger partial charge in [-0.25, -0.2) is 0 Å². The minimum atomic E-state index is -0.432. The number of carbonyl (C=O) groups is 1. The molecule has 0 aliphatic heterocycles. The fourth-order valence-electron chi connectivity index (χ4n) is 3.03. The van der Waals surface area contributed by atoms with Crippen LogP contribution in [0.1, 0.15) is 52.8 Å². The van der Waals surface area contributed by atoms with Crippen LogP contribution in [0.25, 0.3) is 0 Å². The third-order valence-corrected chi connectivity index (χ3v) is 4.82. The zero-order valence-corrected chi connectivity index (χ0v) is 18.9. The van der Waals surface area contributed by atoms with Gasteiger partial charge < -0.3 is 14.5 Å². The molecule has 0 bridgehead atoms. The predicted octanol–water partition coefficient (Wildman–Crippen LogP) is 5.23. The van der Waals surface area contributed by atoms with Gasteiger partial charge in [0.1, 0.15) is 18.1 Å². The second kappa shape index (κ2) is 10.1. The number of anilines is 1. The van der Waals surface area contributed by atoms with Crippen molar-refractivity contribution >= 4 is 28.9 Å². The van der Waals surface area contributed by atoms with Gasteiger partial charge in [-0.2, -0.15) is 0 Å². The number of hydrazine groups is 1. The van der Waals surface area contributed by atoms with Crippen molar-refractivity contribution in [1.29, 1.82) is 0 Å². The molecule has 0 radical (unpaired) electrons. The number of amides is 1. The van der Waals surface area contributed by atoms with E-state index in [9.17, 15) is 4.79 Å². The molecule has 2 aromatic carbocycles. The maximum Gasteiger partial charge on any atom is 0.305 e. The van der Waals surface area contributed by atoms with E-state index in [0.29, 0.717) is 11.7 Å². The Kier molecular flexibility index (Phi) is 7.31. The molecule has 6 nitrogen and oxygen atoms in total. The summed E-state index contributed by atoms with van der Waals surface area (Å²) in [5, 5.41) is 3.28. The zero-order chi connectivity index (χ0) is 22.4. The summed E-state index contributed by atoms with van der Waals surface area (Å²) in [6.45, 7) is 8.50. The number of hydrogen-bond acceptors (Lipinski definition) is 4. The Hall–Kier alpha value is -3.32. The van der Waals surface area contributed by atoms with Crippen molar-refractivity contribution in [2.75, 3.05) is 5.32 Å². The second-order valence-electron chi connectivity index (χ2n) is 7.65. The average molecular weight is 438 g/mol. The minimum absolute atomic E-state index is 0.165. The van der Waals surface area contributed by atoms with Crippen LogP contribution in [-0.4, -0.2) is 11.0 Å². The summed E-state index contributed by atoms with van der Waals surface area (Å²) in [4.78, 5) is 12.3. The number of hydrogen-bond donors (Lipinski definition) is 3. The minimum Gasteiger partial charge on any atom is -0.485 e. The molecule has 3 rings (SSSR count). The number of thiocarbonyl (C=S) groups is 1. The number of aryl methyl sites for hydroxylation is 2. The van der Waals surface area contributed by atoms with E-state index in [4.69, 9.17) is 21.4 Å². The van der Waals surface area contributed by atoms with E-state index in [1.54, 1.807) is 12.1 Å². The first kappa shape index (κ1) is 22.4. The van der Waals surface area contributed by atoms with Crippen LogP contribution in [0.3, 0.4) is 0 Å². The van der Waals surface area contributed by atoms with Crippen LogP contribution in [0, 0.1) is 13.8 Å². The molecule has 1 amide bonds. The van der Waals surface area contributed by atoms with E-state index in [0.717, 1.165) is 28.1 Å². The Morgan fingerprint density at radius 3 is 2.55 bits per heavy atom. The largest absolute Gasteiger partial charge is 0.485 e. The molecule has 0 atom stereocenters. The van der Waals surface area contributed by atoms with E-state index >= 15 is 0 Å². The lowest BCUT2D eigenvalue weighted by Gasteiger charge is -2.14. The molecule has 3 N–H and O–H groups in total. The number of carbonyl (C=O) groups excluding carboxylic acids is 1. The van der Waals surface area contributed by atoms with Gasteiger partial charge in [0.25, 0.3) is 0 Å². The molecule has 0 aliphatic rings. The number of rotatable bonds is 6. The van der Waals surface area contributed by atoms with Crippen LogP contribution in [0.15, 0.2) is 59.0 Å². The van der Waals surface area contributed by atoms with Gasteiger partial charge >= 0.3 is 5.91 Å². The Bertz CT molecular complexity index is 1080. The summed E-state index contributed by atoms with van der Waals surface area (Å²) in [7, 11) is 0. The Labute approximate surface area is 188 Å². The normalized spacial score (nSPS) is 10.6. The van der Waals surface area contributed by atoms with Gasteiger partial charge in [0.2, 0.25) is 0 Å². The molecule has 7 heteroatoms. The van der Waals surface area contributed by atoms with Crippen molar-refractivity contribution in [1.82, 2.24) is 10.9 Å². The molecule has 162 valence electrons. The van der Waals surface area contributed by atoms with Gasteiger partial charge in [-0.05, 0) is 79.0 Å². The topological polar surface area (TPSA) is 75.5 Å². The van der Waals surface area contributed by atoms with Crippen molar-refractivity contribution in [3.8, 4) is 5.75 Å². The summed E-state index contributed by atoms with van der Waals surface area (Å²) < 4.78 is 11.6. The molecule has 3 aromatic rings. The third-order valence-electron chi connectivity index (χ3n) is 4.61. The molecule has 0 spiro atoms. The summed E-state index contributed by atoms with van der Waals surface area (Å²) in [5.74, 6) is 1.46. The molecular weight excluding hydrogens is 410 g/mol. The maximum atomic E-state index is 12.3. The van der Waals surface area contributed by atoms with E-state index < -0.39 is 5.91 Å². The Morgan fingerprint density at radius 2 is 1.81 bits per heavy atom. The summed E-state index contributed by atoms with van der Waals surface area (Å²) >= 11 is 5.20. The first-order valence-corrected chi connectivity index (χ1v) is 10.5. The van der Waals surface area contributed by atoms with E-state index in [1.807, 2.05) is 44.2 Å². The first-order chi connectivity index (χ1) is 14.8. The third kappa shape index (κ3) is 6.33. The van der Waals surface area contributed by atoms with Crippen LogP contribution in [0.4, 0.5) is 5.69 Å². The van der Waals surface area contributed by atoms with Gasteiger partial charge in [0.15, 0.2) is 10.9 Å². The standard InChI is InChI=1S/C24H27N3O3S/c1-15(2)20-10-8-17(4)13-22(20)29-14-19-9-11-21(30-19)23(28)26-27-24(31)25-18-7-5-6-16(3)12-18/h5-13,15H,14H2,1-4H3,(H,26,28)(H2,25,27,31). The molecule has 0 saturated carbocycles. The average Bonchev–Trinajstić information content (AvgIpc) is 3.19. The smallest absolute Gasteiger partial charge is 0.305 e. The second-order valence-corrected chi connectivity index (χ2v) is 8.06. The summed E-state index contributed by atoms with van der Waals surface area (Å²) in [6.07, 6.45) is 0. The lowest BCUT2D eigenvalue weighted by atomic mass is 10.0. The molecule has 1 aromatic heterocycles. The highest BCUT2D eigenvalue weighted by molar-refractivity contribution is 7.80. The quantitative estimate of drug-likeness (QED) is 0.362. The molecule has 31 heavy (non-hydrogen) atoms. The van der Waals surface area contributed by atoms with Crippen LogP contribution < -0.4 is 20.9 Å². The van der Waals surface area contributed by atoms with Crippen molar-refractivity contribution in [2.45, 2.75) is 40.2 Å². The van der Waals surface area contributed by atoms with E-state index in [-0.39, 0.29) is 17.5 Å². The van der Waals surface area contributed by atoms with Crippen LogP contribution in [0.5, 0.6) is 5.75 Å². The SMILES string of the molecule is Cc1cccc(NC(=S)NNC(=O)c2ccc(COc3cc(C)ccc3C(C)C)o2)c1. The monoisotopic (exact) mass is 437 g/mol. The summed E-state index contributed by atoms with van der Waals surface area (Å²) in [5.41, 5.74) is 9.39. The van der Waals surface area contributed by atoms with Gasteiger partial charge in [-0.3, -0.25) is 15.6 Å². The highest BCUT2D eigenvalue weighted by atomic mass is 32.1. The lowest BCUT2D eigenvalue weighted by Crippen LogP contribution is -2.43. The number of ether oxygens (including phenoxy) is 1. The van der Waals surface area contributed by atoms with Gasteiger partial charge in [0, 0.05) is 5.69 Å². The maximum absolute atomic E-state index is 12.3. The number of benzene rings is 2. The van der Waals surface area contributed by atoms with Crippen molar-refractivity contribution in [3.05, 3.63) is 82.8 Å². The Balaban J connectivity index is 1.53. The van der Waals surface area contributed by atoms with Gasteiger partial charge in [0.05, 0.1) is 0 Å². The molecular formula is C24H27N3O3S. The van der Waals surface area contributed by atoms with Gasteiger partial charge in [-0.1, -0.05) is 38.1 Å². The van der Waals surface area contributed by atoms with Crippen LogP contribution in [0.2, 0.25) is 0 Å². The Morgan fingerprint density at radius 1 is 1.03 bits per heavy atom. The van der Waals surface area contributed by atoms with Crippen LogP contribution >= 0.6 is 12.2 Å². The fourth-order valence-corrected chi connectivity index (χ4v) is 3.20. The highest BCUT2D eigenvalue weighted by Gasteiger charge is 2.13. The van der Waals surface area contributed by atoms with Crippen molar-refractivity contribution < 1.29 is 13.9 Å². The first-order valence-electron chi connectivity index (χ1n) is 10.1. The number of nitrogens with one attached hydrogen (secondary N) is 3. The molecule has 0 fully saturated rings. The summed E-state index contributed by atoms with van der Waals surface area (Å²) in [6, 6.07) is 17.2. The van der Waals surface area contributed by atoms with Crippen LogP contribution in [-0.2, 0) is 6.61 Å². The lowest BCUT2D eigenvalue weighted by molar-refractivity contribution is 0.0912. The van der Waals surface area contributed by atoms with Crippen molar-refractivity contribution in [3.63, 3.8) is 0 Å². The zero-order valence-electron chi connectivity index (χ0n) is 18.1. The fraction of sp³-hybridized carbons (Fsp3) is 0.250. The molecule has 0 aliphatic carbocycles. The highest BCUT2D eigenvalue weighted by Crippen LogP contribution is 2.28.